The number of ether oxygens (including phenoxy) is 1. The Labute approximate surface area is 120 Å². The Balaban J connectivity index is 1.49. The van der Waals surface area contributed by atoms with Gasteiger partial charge >= 0.3 is 0 Å². The Bertz CT molecular complexity index is 540. The van der Waals surface area contributed by atoms with Crippen molar-refractivity contribution in [3.8, 4) is 0 Å². The van der Waals surface area contributed by atoms with E-state index in [2.05, 4.69) is 28.9 Å². The van der Waals surface area contributed by atoms with Gasteiger partial charge in [0.15, 0.2) is 0 Å². The van der Waals surface area contributed by atoms with E-state index < -0.39 is 0 Å². The van der Waals surface area contributed by atoms with Gasteiger partial charge in [-0.05, 0) is 67.1 Å². The molecule has 3 nitrogen and oxygen atoms in total. The Morgan fingerprint density at radius 1 is 1.20 bits per heavy atom. The highest BCUT2D eigenvalue weighted by molar-refractivity contribution is 5.85. The third kappa shape index (κ3) is 2.09. The SMILES string of the molecule is Cc1cc2c(cc1C1CCN(C3COC3)CC1)CN=C2. The topological polar surface area (TPSA) is 24.8 Å². The molecule has 20 heavy (non-hydrogen) atoms. The molecule has 2 fully saturated rings. The number of piperidine rings is 1. The summed E-state index contributed by atoms with van der Waals surface area (Å²) in [6, 6.07) is 5.45. The number of fused-ring (bicyclic) bond motifs is 1. The molecule has 0 saturated carbocycles. The molecule has 0 aliphatic carbocycles. The van der Waals surface area contributed by atoms with E-state index in [-0.39, 0.29) is 0 Å². The largest absolute Gasteiger partial charge is 0.378 e. The van der Waals surface area contributed by atoms with Gasteiger partial charge in [-0.15, -0.1) is 0 Å². The fourth-order valence-corrected chi connectivity index (χ4v) is 3.74. The summed E-state index contributed by atoms with van der Waals surface area (Å²) in [5.41, 5.74) is 5.76. The average molecular weight is 270 g/mol. The fraction of sp³-hybridized carbons (Fsp3) is 0.588. The van der Waals surface area contributed by atoms with E-state index in [1.54, 1.807) is 5.56 Å². The van der Waals surface area contributed by atoms with Crippen molar-refractivity contribution in [1.82, 2.24) is 4.90 Å². The third-order valence-electron chi connectivity index (χ3n) is 5.13. The first-order chi connectivity index (χ1) is 9.81. The van der Waals surface area contributed by atoms with Gasteiger partial charge in [-0.3, -0.25) is 9.89 Å². The zero-order chi connectivity index (χ0) is 13.5. The number of nitrogens with zero attached hydrogens (tertiary/aromatic N) is 2. The van der Waals surface area contributed by atoms with Crippen LogP contribution in [0.2, 0.25) is 0 Å². The zero-order valence-corrected chi connectivity index (χ0v) is 12.1. The number of hydrogen-bond acceptors (Lipinski definition) is 3. The molecule has 0 N–H and O–H groups in total. The summed E-state index contributed by atoms with van der Waals surface area (Å²) in [4.78, 5) is 7.00. The second kappa shape index (κ2) is 4.97. The predicted molar refractivity (Wildman–Crippen MR) is 80.6 cm³/mol. The van der Waals surface area contributed by atoms with Crippen LogP contribution >= 0.6 is 0 Å². The Kier molecular flexibility index (Phi) is 3.12. The number of likely N-dealkylation sites (tertiary alicyclic amines) is 1. The minimum atomic E-state index is 0.700. The van der Waals surface area contributed by atoms with Gasteiger partial charge in [0.25, 0.3) is 0 Å². The Morgan fingerprint density at radius 3 is 2.70 bits per heavy atom. The standard InChI is InChI=1S/C17H22N2O/c1-12-6-14-8-18-9-15(14)7-17(12)13-2-4-19(5-3-13)16-10-20-11-16/h6-8,13,16H,2-5,9-11H2,1H3. The molecule has 3 heterocycles. The van der Waals surface area contributed by atoms with Crippen molar-refractivity contribution in [1.29, 1.82) is 0 Å². The maximum Gasteiger partial charge on any atom is 0.0646 e. The lowest BCUT2D eigenvalue weighted by Crippen LogP contribution is -2.51. The minimum Gasteiger partial charge on any atom is -0.378 e. The van der Waals surface area contributed by atoms with Crippen LogP contribution < -0.4 is 0 Å². The normalized spacial score (nSPS) is 23.9. The lowest BCUT2D eigenvalue weighted by atomic mass is 9.84. The first kappa shape index (κ1) is 12.5. The summed E-state index contributed by atoms with van der Waals surface area (Å²) >= 11 is 0. The van der Waals surface area contributed by atoms with Crippen LogP contribution in [0.5, 0.6) is 0 Å². The molecule has 0 radical (unpaired) electrons. The van der Waals surface area contributed by atoms with E-state index in [0.717, 1.165) is 25.7 Å². The van der Waals surface area contributed by atoms with Crippen molar-refractivity contribution >= 4 is 6.21 Å². The van der Waals surface area contributed by atoms with Gasteiger partial charge < -0.3 is 4.74 Å². The van der Waals surface area contributed by atoms with Crippen molar-refractivity contribution in [2.45, 2.75) is 38.3 Å². The van der Waals surface area contributed by atoms with E-state index in [9.17, 15) is 0 Å². The molecule has 0 bridgehead atoms. The van der Waals surface area contributed by atoms with Crippen LogP contribution in [0.1, 0.15) is 41.0 Å². The molecule has 0 spiro atoms. The lowest BCUT2D eigenvalue weighted by Gasteiger charge is -2.41. The van der Waals surface area contributed by atoms with Crippen molar-refractivity contribution in [2.24, 2.45) is 4.99 Å². The molecule has 0 unspecified atom stereocenters. The number of rotatable bonds is 2. The molecular formula is C17H22N2O. The van der Waals surface area contributed by atoms with Crippen LogP contribution in [0, 0.1) is 6.92 Å². The smallest absolute Gasteiger partial charge is 0.0646 e. The van der Waals surface area contributed by atoms with Crippen molar-refractivity contribution in [2.75, 3.05) is 26.3 Å². The molecule has 3 aliphatic rings. The minimum absolute atomic E-state index is 0.700. The van der Waals surface area contributed by atoms with Crippen LogP contribution in [0.3, 0.4) is 0 Å². The van der Waals surface area contributed by atoms with E-state index in [4.69, 9.17) is 4.74 Å². The second-order valence-electron chi connectivity index (χ2n) is 6.38. The fourth-order valence-electron chi connectivity index (χ4n) is 3.74. The van der Waals surface area contributed by atoms with Gasteiger partial charge in [0.05, 0.1) is 25.8 Å². The first-order valence-electron chi connectivity index (χ1n) is 7.76. The van der Waals surface area contributed by atoms with Gasteiger partial charge in [-0.2, -0.15) is 0 Å². The molecule has 106 valence electrons. The molecular weight excluding hydrogens is 248 g/mol. The zero-order valence-electron chi connectivity index (χ0n) is 12.1. The Hall–Kier alpha value is -1.19. The van der Waals surface area contributed by atoms with E-state index in [0.29, 0.717) is 6.04 Å². The lowest BCUT2D eigenvalue weighted by molar-refractivity contribution is -0.0712. The molecule has 0 atom stereocenters. The van der Waals surface area contributed by atoms with Crippen molar-refractivity contribution in [3.63, 3.8) is 0 Å². The molecule has 3 heteroatoms. The molecule has 0 amide bonds. The van der Waals surface area contributed by atoms with Crippen LogP contribution in [-0.2, 0) is 11.3 Å². The van der Waals surface area contributed by atoms with Crippen LogP contribution in [0.4, 0.5) is 0 Å². The summed E-state index contributed by atoms with van der Waals surface area (Å²) in [6.45, 7) is 7.48. The molecule has 1 aromatic carbocycles. The van der Waals surface area contributed by atoms with Gasteiger partial charge in [0.1, 0.15) is 0 Å². The molecule has 4 rings (SSSR count). The quantitative estimate of drug-likeness (QED) is 0.825. The highest BCUT2D eigenvalue weighted by Gasteiger charge is 2.30. The van der Waals surface area contributed by atoms with E-state index >= 15 is 0 Å². The van der Waals surface area contributed by atoms with Crippen LogP contribution in [0.15, 0.2) is 17.1 Å². The number of hydrogen-bond donors (Lipinski definition) is 0. The summed E-state index contributed by atoms with van der Waals surface area (Å²) < 4.78 is 5.31. The molecule has 2 saturated heterocycles. The van der Waals surface area contributed by atoms with Gasteiger partial charge in [0.2, 0.25) is 0 Å². The van der Waals surface area contributed by atoms with E-state index in [1.807, 2.05) is 6.21 Å². The highest BCUT2D eigenvalue weighted by Crippen LogP contribution is 2.33. The van der Waals surface area contributed by atoms with Crippen molar-refractivity contribution in [3.05, 3.63) is 34.4 Å². The number of benzene rings is 1. The average Bonchev–Trinajstić information content (AvgIpc) is 2.84. The van der Waals surface area contributed by atoms with Gasteiger partial charge in [-0.1, -0.05) is 6.07 Å². The van der Waals surface area contributed by atoms with Gasteiger partial charge in [0, 0.05) is 6.21 Å². The van der Waals surface area contributed by atoms with Gasteiger partial charge in [-0.25, -0.2) is 0 Å². The summed E-state index contributed by atoms with van der Waals surface area (Å²) in [5.74, 6) is 0.734. The molecule has 1 aromatic rings. The van der Waals surface area contributed by atoms with Crippen molar-refractivity contribution < 1.29 is 4.74 Å². The van der Waals surface area contributed by atoms with E-state index in [1.165, 1.54) is 42.6 Å². The Morgan fingerprint density at radius 2 is 2.00 bits per heavy atom. The predicted octanol–water partition coefficient (Wildman–Crippen LogP) is 2.51. The summed E-state index contributed by atoms with van der Waals surface area (Å²) in [7, 11) is 0. The van der Waals surface area contributed by atoms with Crippen LogP contribution in [0.25, 0.3) is 0 Å². The summed E-state index contributed by atoms with van der Waals surface area (Å²) in [5, 5.41) is 0. The number of aryl methyl sites for hydroxylation is 1. The second-order valence-corrected chi connectivity index (χ2v) is 6.38. The molecule has 0 aromatic heterocycles. The highest BCUT2D eigenvalue weighted by atomic mass is 16.5. The van der Waals surface area contributed by atoms with Crippen LogP contribution in [-0.4, -0.2) is 43.5 Å². The first-order valence-corrected chi connectivity index (χ1v) is 7.76. The third-order valence-corrected chi connectivity index (χ3v) is 5.13. The number of aliphatic imine (C=N–C) groups is 1. The monoisotopic (exact) mass is 270 g/mol. The summed E-state index contributed by atoms with van der Waals surface area (Å²) in [6.07, 6.45) is 4.60. The maximum atomic E-state index is 5.31. The maximum absolute atomic E-state index is 5.31. The molecule has 3 aliphatic heterocycles.